The van der Waals surface area contributed by atoms with Gasteiger partial charge < -0.3 is 15.1 Å². The first-order valence-corrected chi connectivity index (χ1v) is 6.20. The molecule has 0 aliphatic heterocycles. The Morgan fingerprint density at radius 1 is 0.800 bits per heavy atom. The van der Waals surface area contributed by atoms with Crippen LogP contribution in [-0.4, -0.2) is 22.4 Å². The van der Waals surface area contributed by atoms with Crippen LogP contribution in [0.25, 0.3) is 27.6 Å². The predicted molar refractivity (Wildman–Crippen MR) is 84.0 cm³/mol. The van der Waals surface area contributed by atoms with Crippen LogP contribution in [-0.2, 0) is 0 Å². The molecule has 0 fully saturated rings. The number of hydrogen-bond acceptors (Lipinski definition) is 3. The highest BCUT2D eigenvalue weighted by Crippen LogP contribution is 2.28. The minimum Gasteiger partial charge on any atom is -0.402 e. The molecule has 0 aliphatic carbocycles. The van der Waals surface area contributed by atoms with E-state index in [1.165, 1.54) is 27.1 Å². The normalized spacial score (nSPS) is 9.95. The van der Waals surface area contributed by atoms with E-state index in [4.69, 9.17) is 15.1 Å². The molecule has 0 unspecified atom stereocenters. The third kappa shape index (κ3) is 3.06. The van der Waals surface area contributed by atoms with E-state index < -0.39 is 7.32 Å². The molecule has 100 valence electrons. The summed E-state index contributed by atoms with van der Waals surface area (Å²) in [7, 11) is -2.17. The molecule has 3 rings (SSSR count). The first-order valence-electron chi connectivity index (χ1n) is 6.20. The second kappa shape index (κ2) is 6.35. The highest BCUT2D eigenvalue weighted by atomic mass is 16.5. The Balaban J connectivity index is 0.000000328. The van der Waals surface area contributed by atoms with Gasteiger partial charge in [0.05, 0.1) is 0 Å². The summed E-state index contributed by atoms with van der Waals surface area (Å²) in [4.78, 5) is 0. The van der Waals surface area contributed by atoms with Crippen LogP contribution >= 0.6 is 0 Å². The molecule has 3 N–H and O–H groups in total. The minimum atomic E-state index is -2.17. The van der Waals surface area contributed by atoms with Gasteiger partial charge in [-0.1, -0.05) is 61.2 Å². The molecule has 0 aliphatic rings. The van der Waals surface area contributed by atoms with Crippen LogP contribution in [0.5, 0.6) is 0 Å². The molecule has 3 nitrogen and oxygen atoms in total. The maximum Gasteiger partial charge on any atom is 0.631 e. The fraction of sp³-hybridized carbons (Fsp3) is 0. The van der Waals surface area contributed by atoms with Crippen LogP contribution in [0.4, 0.5) is 0 Å². The molecule has 0 spiro atoms. The Morgan fingerprint density at radius 3 is 1.60 bits per heavy atom. The van der Waals surface area contributed by atoms with E-state index in [1.54, 1.807) is 0 Å². The first kappa shape index (κ1) is 14.3. The van der Waals surface area contributed by atoms with Crippen molar-refractivity contribution in [3.63, 3.8) is 0 Å². The molecule has 0 aromatic heterocycles. The zero-order chi connectivity index (χ0) is 14.5. The van der Waals surface area contributed by atoms with Gasteiger partial charge in [0.2, 0.25) is 0 Å². The lowest BCUT2D eigenvalue weighted by atomic mass is 9.97. The molecule has 0 saturated carbocycles. The van der Waals surface area contributed by atoms with Gasteiger partial charge >= 0.3 is 7.32 Å². The number of hydrogen-bond donors (Lipinski definition) is 3. The van der Waals surface area contributed by atoms with E-state index in [0.717, 1.165) is 0 Å². The fourth-order valence-electron chi connectivity index (χ4n) is 2.27. The third-order valence-electron chi connectivity index (χ3n) is 3.02. The molecule has 0 amide bonds. The van der Waals surface area contributed by atoms with Crippen LogP contribution in [0, 0.1) is 0 Å². The van der Waals surface area contributed by atoms with Gasteiger partial charge in [0, 0.05) is 0 Å². The van der Waals surface area contributed by atoms with Crippen molar-refractivity contribution in [1.29, 1.82) is 0 Å². The van der Waals surface area contributed by atoms with Crippen LogP contribution in [0.15, 0.2) is 61.2 Å². The molecule has 3 aromatic carbocycles. The first-order chi connectivity index (χ1) is 9.63. The Kier molecular flexibility index (Phi) is 4.53. The van der Waals surface area contributed by atoms with Crippen molar-refractivity contribution in [2.24, 2.45) is 0 Å². The monoisotopic (exact) mass is 266 g/mol. The van der Waals surface area contributed by atoms with Crippen LogP contribution in [0.1, 0.15) is 5.56 Å². The highest BCUT2D eigenvalue weighted by Gasteiger charge is 2.03. The summed E-state index contributed by atoms with van der Waals surface area (Å²) in [6.45, 7) is 3.93. The van der Waals surface area contributed by atoms with Crippen molar-refractivity contribution in [3.8, 4) is 0 Å². The quantitative estimate of drug-likeness (QED) is 0.468. The topological polar surface area (TPSA) is 60.7 Å². The summed E-state index contributed by atoms with van der Waals surface area (Å²) in [5.74, 6) is 0. The van der Waals surface area contributed by atoms with Crippen LogP contribution in [0.2, 0.25) is 0 Å². The number of fused-ring (bicyclic) bond motifs is 2. The maximum atomic E-state index is 7.17. The van der Waals surface area contributed by atoms with Crippen molar-refractivity contribution >= 4 is 34.9 Å². The summed E-state index contributed by atoms with van der Waals surface area (Å²) in [5, 5.41) is 26.6. The van der Waals surface area contributed by atoms with Crippen molar-refractivity contribution in [1.82, 2.24) is 0 Å². The van der Waals surface area contributed by atoms with Crippen molar-refractivity contribution < 1.29 is 15.1 Å². The van der Waals surface area contributed by atoms with Gasteiger partial charge in [0.25, 0.3) is 0 Å². The molecular formula is C16H15BO3. The molecule has 4 heteroatoms. The molecule has 0 atom stereocenters. The summed E-state index contributed by atoms with van der Waals surface area (Å²) >= 11 is 0. The molecule has 20 heavy (non-hydrogen) atoms. The summed E-state index contributed by atoms with van der Waals surface area (Å²) in [6.07, 6.45) is 1.95. The smallest absolute Gasteiger partial charge is 0.402 e. The fourth-order valence-corrected chi connectivity index (χ4v) is 2.27. The molecule has 0 saturated heterocycles. The average molecular weight is 266 g/mol. The molecule has 0 heterocycles. The number of benzene rings is 3. The van der Waals surface area contributed by atoms with Crippen LogP contribution < -0.4 is 0 Å². The van der Waals surface area contributed by atoms with Crippen molar-refractivity contribution in [2.45, 2.75) is 0 Å². The summed E-state index contributed by atoms with van der Waals surface area (Å²) < 4.78 is 0. The average Bonchev–Trinajstić information content (AvgIpc) is 2.44. The van der Waals surface area contributed by atoms with Gasteiger partial charge in [0.1, 0.15) is 0 Å². The van der Waals surface area contributed by atoms with Crippen molar-refractivity contribution in [2.75, 3.05) is 0 Å². The Labute approximate surface area is 117 Å². The second-order valence-corrected chi connectivity index (χ2v) is 4.28. The lowest BCUT2D eigenvalue weighted by molar-refractivity contribution is 0.278. The second-order valence-electron chi connectivity index (χ2n) is 4.28. The maximum absolute atomic E-state index is 7.17. The van der Waals surface area contributed by atoms with Crippen LogP contribution in [0.3, 0.4) is 0 Å². The van der Waals surface area contributed by atoms with Gasteiger partial charge in [-0.25, -0.2) is 0 Å². The van der Waals surface area contributed by atoms with E-state index in [1.807, 2.05) is 6.08 Å². The largest absolute Gasteiger partial charge is 0.631 e. The lowest BCUT2D eigenvalue weighted by Crippen LogP contribution is -2.07. The Bertz CT molecular complexity index is 681. The Hall–Kier alpha value is -2.14. The van der Waals surface area contributed by atoms with E-state index in [0.29, 0.717) is 0 Å². The summed E-state index contributed by atoms with van der Waals surface area (Å²) in [5.41, 5.74) is 1.23. The molecule has 0 bridgehead atoms. The molecular weight excluding hydrogens is 251 g/mol. The standard InChI is InChI=1S/C16H12.BH3O3/c1-2-14-15-9-5-3-7-12(15)11-13-8-4-6-10-16(13)14;2-1(3)4/h2-11H,1H2;2-4H. The summed E-state index contributed by atoms with van der Waals surface area (Å²) in [6, 6.07) is 19.1. The van der Waals surface area contributed by atoms with E-state index in [9.17, 15) is 0 Å². The van der Waals surface area contributed by atoms with Gasteiger partial charge in [-0.3, -0.25) is 0 Å². The SMILES string of the molecule is C=Cc1c2ccccc2cc2ccccc12.OB(O)O. The van der Waals surface area contributed by atoms with Gasteiger partial charge in [-0.2, -0.15) is 0 Å². The van der Waals surface area contributed by atoms with E-state index in [-0.39, 0.29) is 0 Å². The lowest BCUT2D eigenvalue weighted by Gasteiger charge is -2.07. The van der Waals surface area contributed by atoms with Gasteiger partial charge in [0.15, 0.2) is 0 Å². The van der Waals surface area contributed by atoms with Gasteiger partial charge in [-0.05, 0) is 33.2 Å². The zero-order valence-corrected chi connectivity index (χ0v) is 10.9. The zero-order valence-electron chi connectivity index (χ0n) is 10.9. The van der Waals surface area contributed by atoms with E-state index in [2.05, 4.69) is 61.2 Å². The highest BCUT2D eigenvalue weighted by molar-refractivity contribution is 6.30. The minimum absolute atomic E-state index is 1.23. The van der Waals surface area contributed by atoms with E-state index >= 15 is 0 Å². The van der Waals surface area contributed by atoms with Crippen molar-refractivity contribution in [3.05, 3.63) is 66.7 Å². The molecule has 3 aromatic rings. The Morgan fingerprint density at radius 2 is 1.20 bits per heavy atom. The third-order valence-corrected chi connectivity index (χ3v) is 3.02. The van der Waals surface area contributed by atoms with Gasteiger partial charge in [-0.15, -0.1) is 0 Å². The molecule has 0 radical (unpaired) electrons. The predicted octanol–water partition coefficient (Wildman–Crippen LogP) is 2.58. The number of rotatable bonds is 1.